The number of guanidine groups is 1. The van der Waals surface area contributed by atoms with Gasteiger partial charge in [-0.3, -0.25) is 0 Å². The van der Waals surface area contributed by atoms with Gasteiger partial charge in [0.1, 0.15) is 11.4 Å². The molecule has 0 aliphatic heterocycles. The lowest BCUT2D eigenvalue weighted by atomic mass is 10.1. The summed E-state index contributed by atoms with van der Waals surface area (Å²) in [6.07, 6.45) is -4.50. The van der Waals surface area contributed by atoms with Crippen LogP contribution < -0.4 is 15.8 Å². The van der Waals surface area contributed by atoms with Gasteiger partial charge in [-0.05, 0) is 45.4 Å². The summed E-state index contributed by atoms with van der Waals surface area (Å²) in [5.74, 6) is 0.233. The van der Waals surface area contributed by atoms with Crippen molar-refractivity contribution in [3.8, 4) is 5.75 Å². The smallest absolute Gasteiger partial charge is 0.416 e. The largest absolute Gasteiger partial charge is 0.488 e. The van der Waals surface area contributed by atoms with Crippen LogP contribution in [0.3, 0.4) is 0 Å². The first-order valence-corrected chi connectivity index (χ1v) is 7.46. The molecule has 0 radical (unpaired) electrons. The van der Waals surface area contributed by atoms with Crippen LogP contribution in [0.2, 0.25) is 0 Å². The zero-order valence-corrected chi connectivity index (χ0v) is 17.2. The molecular formula is C17H25F3IN3O. The third-order valence-corrected chi connectivity index (χ3v) is 2.80. The highest BCUT2D eigenvalue weighted by Crippen LogP contribution is 2.35. The van der Waals surface area contributed by atoms with Gasteiger partial charge in [0, 0.05) is 6.54 Å². The second-order valence-corrected chi connectivity index (χ2v) is 6.54. The number of hydrogen-bond acceptors (Lipinski definition) is 2. The molecule has 0 heterocycles. The number of aliphatic imine (C=N–C) groups is 1. The summed E-state index contributed by atoms with van der Waals surface area (Å²) in [4.78, 5) is 3.95. The summed E-state index contributed by atoms with van der Waals surface area (Å²) in [6.45, 7) is 11.0. The van der Waals surface area contributed by atoms with Crippen LogP contribution in [0.1, 0.15) is 38.8 Å². The van der Waals surface area contributed by atoms with E-state index in [2.05, 4.69) is 16.9 Å². The van der Waals surface area contributed by atoms with Crippen LogP contribution in [0.5, 0.6) is 5.75 Å². The Kier molecular flexibility index (Phi) is 8.76. The Bertz CT molecular complexity index is 623. The molecule has 1 aromatic carbocycles. The predicted molar refractivity (Wildman–Crippen MR) is 105 cm³/mol. The van der Waals surface area contributed by atoms with E-state index in [1.807, 2.05) is 0 Å². The predicted octanol–water partition coefficient (Wildman–Crippen LogP) is 4.48. The van der Waals surface area contributed by atoms with Gasteiger partial charge in [-0.2, -0.15) is 13.2 Å². The number of rotatable bonds is 5. The first-order valence-electron chi connectivity index (χ1n) is 7.46. The van der Waals surface area contributed by atoms with Crippen molar-refractivity contribution < 1.29 is 17.9 Å². The number of benzene rings is 1. The molecule has 25 heavy (non-hydrogen) atoms. The minimum Gasteiger partial charge on any atom is -0.488 e. The fourth-order valence-corrected chi connectivity index (χ4v) is 1.84. The average molecular weight is 471 g/mol. The van der Waals surface area contributed by atoms with Crippen molar-refractivity contribution in [2.75, 3.05) is 6.54 Å². The molecule has 0 aromatic heterocycles. The molecule has 1 rings (SSSR count). The lowest BCUT2D eigenvalue weighted by Gasteiger charge is -2.22. The standard InChI is InChI=1S/C17H24F3N3O.HI/c1-11(2)9-22-15(21)23-10-12-6-7-13(24-16(3,4)5)8-14(12)17(18,19)20;/h6-8H,1,9-10H2,2-5H3,(H3,21,22,23);1H. The summed E-state index contributed by atoms with van der Waals surface area (Å²) < 4.78 is 45.3. The van der Waals surface area contributed by atoms with Gasteiger partial charge in [0.05, 0.1) is 12.1 Å². The van der Waals surface area contributed by atoms with Gasteiger partial charge in [-0.1, -0.05) is 18.2 Å². The van der Waals surface area contributed by atoms with Crippen LogP contribution >= 0.6 is 24.0 Å². The number of alkyl halides is 3. The van der Waals surface area contributed by atoms with Crippen molar-refractivity contribution in [1.29, 1.82) is 0 Å². The molecule has 142 valence electrons. The Morgan fingerprint density at radius 2 is 1.88 bits per heavy atom. The van der Waals surface area contributed by atoms with Gasteiger partial charge in [-0.25, -0.2) is 4.99 Å². The topological polar surface area (TPSA) is 59.6 Å². The SMILES string of the molecule is C=C(C)CNC(N)=NCc1ccc(OC(C)(C)C)cc1C(F)(F)F.I. The lowest BCUT2D eigenvalue weighted by Crippen LogP contribution is -2.32. The van der Waals surface area contributed by atoms with E-state index in [1.54, 1.807) is 27.7 Å². The second-order valence-electron chi connectivity index (χ2n) is 6.54. The number of nitrogens with two attached hydrogens (primary N) is 1. The van der Waals surface area contributed by atoms with E-state index in [0.717, 1.165) is 11.6 Å². The molecule has 0 aliphatic carbocycles. The summed E-state index contributed by atoms with van der Waals surface area (Å²) in [6, 6.07) is 3.86. The number of hydrogen-bond donors (Lipinski definition) is 2. The Morgan fingerprint density at radius 1 is 1.28 bits per heavy atom. The van der Waals surface area contributed by atoms with E-state index in [0.29, 0.717) is 6.54 Å². The van der Waals surface area contributed by atoms with E-state index < -0.39 is 17.3 Å². The fourth-order valence-electron chi connectivity index (χ4n) is 1.84. The molecule has 8 heteroatoms. The van der Waals surface area contributed by atoms with Crippen LogP contribution in [-0.4, -0.2) is 18.1 Å². The maximum atomic E-state index is 13.3. The first-order chi connectivity index (χ1) is 10.9. The normalized spacial score (nSPS) is 12.4. The van der Waals surface area contributed by atoms with E-state index in [-0.39, 0.29) is 47.8 Å². The highest BCUT2D eigenvalue weighted by atomic mass is 127. The molecule has 0 saturated heterocycles. The quantitative estimate of drug-likeness (QED) is 0.288. The molecule has 0 aliphatic rings. The van der Waals surface area contributed by atoms with Gasteiger partial charge >= 0.3 is 6.18 Å². The van der Waals surface area contributed by atoms with Crippen LogP contribution in [0.4, 0.5) is 13.2 Å². The molecule has 1 aromatic rings. The molecule has 3 N–H and O–H groups in total. The van der Waals surface area contributed by atoms with Gasteiger partial charge < -0.3 is 15.8 Å². The Balaban J connectivity index is 0.00000576. The monoisotopic (exact) mass is 471 g/mol. The third-order valence-electron chi connectivity index (χ3n) is 2.80. The molecular weight excluding hydrogens is 446 g/mol. The Hall–Kier alpha value is -1.45. The highest BCUT2D eigenvalue weighted by molar-refractivity contribution is 14.0. The summed E-state index contributed by atoms with van der Waals surface area (Å²) in [5.41, 5.74) is 5.14. The minimum atomic E-state index is -4.50. The van der Waals surface area contributed by atoms with Gasteiger partial charge in [0.2, 0.25) is 0 Å². The molecule has 0 bridgehead atoms. The molecule has 0 unspecified atom stereocenters. The maximum Gasteiger partial charge on any atom is 0.416 e. The number of ether oxygens (including phenoxy) is 1. The van der Waals surface area contributed by atoms with Crippen molar-refractivity contribution in [1.82, 2.24) is 5.32 Å². The lowest BCUT2D eigenvalue weighted by molar-refractivity contribution is -0.138. The third kappa shape index (κ3) is 8.99. The molecule has 4 nitrogen and oxygen atoms in total. The summed E-state index contributed by atoms with van der Waals surface area (Å²) in [5, 5.41) is 2.78. The second kappa shape index (κ2) is 9.30. The number of nitrogens with zero attached hydrogens (tertiary/aromatic N) is 1. The Morgan fingerprint density at radius 3 is 2.36 bits per heavy atom. The van der Waals surface area contributed by atoms with Gasteiger partial charge in [0.25, 0.3) is 0 Å². The average Bonchev–Trinajstić information content (AvgIpc) is 2.40. The fraction of sp³-hybridized carbons (Fsp3) is 0.471. The van der Waals surface area contributed by atoms with Crippen molar-refractivity contribution in [2.45, 2.75) is 46.0 Å². The van der Waals surface area contributed by atoms with Crippen molar-refractivity contribution >= 4 is 29.9 Å². The van der Waals surface area contributed by atoms with Crippen molar-refractivity contribution in [3.63, 3.8) is 0 Å². The zero-order chi connectivity index (χ0) is 18.5. The van der Waals surface area contributed by atoms with E-state index in [9.17, 15) is 13.2 Å². The molecule has 0 atom stereocenters. The summed E-state index contributed by atoms with van der Waals surface area (Å²) in [7, 11) is 0. The van der Waals surface area contributed by atoms with Crippen LogP contribution in [0.15, 0.2) is 35.3 Å². The Labute approximate surface area is 163 Å². The number of halogens is 4. The molecule has 0 amide bonds. The highest BCUT2D eigenvalue weighted by Gasteiger charge is 2.34. The van der Waals surface area contributed by atoms with E-state index in [4.69, 9.17) is 10.5 Å². The molecule has 0 fully saturated rings. The first kappa shape index (κ1) is 23.5. The minimum absolute atomic E-state index is 0. The maximum absolute atomic E-state index is 13.3. The van der Waals surface area contributed by atoms with Gasteiger partial charge in [-0.15, -0.1) is 24.0 Å². The van der Waals surface area contributed by atoms with Crippen LogP contribution in [0.25, 0.3) is 0 Å². The van der Waals surface area contributed by atoms with Crippen molar-refractivity contribution in [3.05, 3.63) is 41.5 Å². The summed E-state index contributed by atoms with van der Waals surface area (Å²) >= 11 is 0. The van der Waals surface area contributed by atoms with Crippen LogP contribution in [-0.2, 0) is 12.7 Å². The molecule has 0 saturated carbocycles. The van der Waals surface area contributed by atoms with Gasteiger partial charge in [0.15, 0.2) is 5.96 Å². The molecule has 0 spiro atoms. The van der Waals surface area contributed by atoms with Crippen molar-refractivity contribution in [2.24, 2.45) is 10.7 Å². The van der Waals surface area contributed by atoms with E-state index in [1.165, 1.54) is 12.1 Å². The van der Waals surface area contributed by atoms with Crippen LogP contribution in [0, 0.1) is 0 Å². The van der Waals surface area contributed by atoms with E-state index >= 15 is 0 Å². The number of nitrogens with one attached hydrogen (secondary N) is 1. The zero-order valence-electron chi connectivity index (χ0n) is 14.8.